The standard InChI is InChI=1S/C14H13BrN4OS/c1-8-13(21-12(7-16)17-8)14-18-11(19-20-14)6-9-3-2-4-10(15)5-9/h2-5H,6-7,16H2,1H3. The third kappa shape index (κ3) is 3.20. The van der Waals surface area contributed by atoms with E-state index in [9.17, 15) is 0 Å². The van der Waals surface area contributed by atoms with Gasteiger partial charge in [0.05, 0.1) is 5.69 Å². The van der Waals surface area contributed by atoms with Gasteiger partial charge in [-0.25, -0.2) is 4.98 Å². The number of nitrogens with two attached hydrogens (primary N) is 1. The quantitative estimate of drug-likeness (QED) is 0.768. The van der Waals surface area contributed by atoms with Crippen LogP contribution in [0.15, 0.2) is 33.3 Å². The zero-order chi connectivity index (χ0) is 14.8. The van der Waals surface area contributed by atoms with Crippen LogP contribution in [0.1, 0.15) is 22.1 Å². The molecular formula is C14H13BrN4OS. The third-order valence-electron chi connectivity index (χ3n) is 2.93. The Labute approximate surface area is 134 Å². The fraction of sp³-hybridized carbons (Fsp3) is 0.214. The minimum Gasteiger partial charge on any atom is -0.333 e. The minimum absolute atomic E-state index is 0.421. The first-order chi connectivity index (χ1) is 10.2. The maximum Gasteiger partial charge on any atom is 0.269 e. The molecule has 0 unspecified atom stereocenters. The number of aryl methyl sites for hydroxylation is 1. The number of hydrogen-bond donors (Lipinski definition) is 1. The molecule has 0 radical (unpaired) electrons. The Kier molecular flexibility index (Phi) is 4.14. The highest BCUT2D eigenvalue weighted by Gasteiger charge is 2.16. The third-order valence-corrected chi connectivity index (χ3v) is 4.59. The first-order valence-electron chi connectivity index (χ1n) is 6.39. The van der Waals surface area contributed by atoms with E-state index in [4.69, 9.17) is 10.3 Å². The van der Waals surface area contributed by atoms with Gasteiger partial charge in [0.25, 0.3) is 5.89 Å². The topological polar surface area (TPSA) is 77.8 Å². The van der Waals surface area contributed by atoms with E-state index in [1.807, 2.05) is 31.2 Å². The van der Waals surface area contributed by atoms with Gasteiger partial charge in [-0.05, 0) is 24.6 Å². The van der Waals surface area contributed by atoms with E-state index in [0.717, 1.165) is 25.6 Å². The van der Waals surface area contributed by atoms with Crippen molar-refractivity contribution >= 4 is 27.3 Å². The van der Waals surface area contributed by atoms with Crippen LogP contribution in [-0.2, 0) is 13.0 Å². The summed E-state index contributed by atoms with van der Waals surface area (Å²) in [4.78, 5) is 9.71. The molecule has 0 fully saturated rings. The van der Waals surface area contributed by atoms with Gasteiger partial charge in [0.15, 0.2) is 5.82 Å². The molecule has 1 aromatic carbocycles. The maximum absolute atomic E-state index is 5.61. The van der Waals surface area contributed by atoms with Crippen LogP contribution < -0.4 is 5.73 Å². The Morgan fingerprint density at radius 3 is 2.90 bits per heavy atom. The second kappa shape index (κ2) is 6.05. The van der Waals surface area contributed by atoms with Crippen molar-refractivity contribution in [3.8, 4) is 10.8 Å². The molecule has 0 bridgehead atoms. The average Bonchev–Trinajstić information content (AvgIpc) is 3.05. The lowest BCUT2D eigenvalue weighted by Crippen LogP contribution is -1.94. The first kappa shape index (κ1) is 14.4. The highest BCUT2D eigenvalue weighted by atomic mass is 79.9. The molecule has 0 atom stereocenters. The normalized spacial score (nSPS) is 11.0. The summed E-state index contributed by atoms with van der Waals surface area (Å²) >= 11 is 4.95. The number of rotatable bonds is 4. The number of hydrogen-bond acceptors (Lipinski definition) is 6. The largest absolute Gasteiger partial charge is 0.333 e. The van der Waals surface area contributed by atoms with Gasteiger partial charge >= 0.3 is 0 Å². The van der Waals surface area contributed by atoms with Crippen molar-refractivity contribution in [3.63, 3.8) is 0 Å². The highest BCUT2D eigenvalue weighted by molar-refractivity contribution is 9.10. The molecule has 2 aromatic heterocycles. The summed E-state index contributed by atoms with van der Waals surface area (Å²) in [6, 6.07) is 8.05. The number of benzene rings is 1. The van der Waals surface area contributed by atoms with E-state index in [1.54, 1.807) is 0 Å². The van der Waals surface area contributed by atoms with Crippen LogP contribution in [-0.4, -0.2) is 15.1 Å². The van der Waals surface area contributed by atoms with E-state index in [1.165, 1.54) is 11.3 Å². The second-order valence-electron chi connectivity index (χ2n) is 4.55. The van der Waals surface area contributed by atoms with E-state index < -0.39 is 0 Å². The van der Waals surface area contributed by atoms with Gasteiger partial charge in [-0.3, -0.25) is 0 Å². The molecule has 0 spiro atoms. The van der Waals surface area contributed by atoms with E-state index in [-0.39, 0.29) is 0 Å². The summed E-state index contributed by atoms with van der Waals surface area (Å²) in [7, 11) is 0. The summed E-state index contributed by atoms with van der Waals surface area (Å²) in [6.07, 6.45) is 0.630. The molecule has 0 saturated carbocycles. The molecule has 0 aliphatic carbocycles. The van der Waals surface area contributed by atoms with Crippen LogP contribution in [0, 0.1) is 6.92 Å². The van der Waals surface area contributed by atoms with Crippen molar-refractivity contribution in [2.45, 2.75) is 19.9 Å². The van der Waals surface area contributed by atoms with Crippen LogP contribution in [0.4, 0.5) is 0 Å². The van der Waals surface area contributed by atoms with Crippen LogP contribution in [0.25, 0.3) is 10.8 Å². The average molecular weight is 365 g/mol. The molecule has 0 saturated heterocycles. The lowest BCUT2D eigenvalue weighted by molar-refractivity contribution is 0.424. The maximum atomic E-state index is 5.61. The SMILES string of the molecule is Cc1nc(CN)sc1-c1nc(Cc2cccc(Br)c2)no1. The zero-order valence-corrected chi connectivity index (χ0v) is 13.7. The smallest absolute Gasteiger partial charge is 0.269 e. The lowest BCUT2D eigenvalue weighted by Gasteiger charge is -1.96. The van der Waals surface area contributed by atoms with E-state index in [0.29, 0.717) is 24.7 Å². The van der Waals surface area contributed by atoms with Crippen LogP contribution >= 0.6 is 27.3 Å². The van der Waals surface area contributed by atoms with Gasteiger partial charge in [-0.2, -0.15) is 4.98 Å². The Bertz CT molecular complexity index is 768. The second-order valence-corrected chi connectivity index (χ2v) is 6.55. The van der Waals surface area contributed by atoms with E-state index in [2.05, 4.69) is 31.1 Å². The zero-order valence-electron chi connectivity index (χ0n) is 11.3. The molecule has 2 heterocycles. The number of nitrogens with zero attached hydrogens (tertiary/aromatic N) is 3. The number of aromatic nitrogens is 3. The van der Waals surface area contributed by atoms with Crippen molar-refractivity contribution in [1.82, 2.24) is 15.1 Å². The molecule has 7 heteroatoms. The monoisotopic (exact) mass is 364 g/mol. The number of thiazole rings is 1. The molecule has 0 aliphatic rings. The van der Waals surface area contributed by atoms with Crippen molar-refractivity contribution in [2.75, 3.05) is 0 Å². The Morgan fingerprint density at radius 2 is 2.19 bits per heavy atom. The molecule has 108 valence electrons. The summed E-state index contributed by atoms with van der Waals surface area (Å²) in [5.41, 5.74) is 7.61. The van der Waals surface area contributed by atoms with Gasteiger partial charge in [-0.15, -0.1) is 11.3 Å². The van der Waals surface area contributed by atoms with Gasteiger partial charge in [0, 0.05) is 17.4 Å². The predicted molar refractivity (Wildman–Crippen MR) is 85.0 cm³/mol. The van der Waals surface area contributed by atoms with Gasteiger partial charge < -0.3 is 10.3 Å². The lowest BCUT2D eigenvalue weighted by atomic mass is 10.1. The summed E-state index contributed by atoms with van der Waals surface area (Å²) in [5, 5.41) is 4.91. The molecular weight excluding hydrogens is 352 g/mol. The van der Waals surface area contributed by atoms with E-state index >= 15 is 0 Å². The molecule has 2 N–H and O–H groups in total. The van der Waals surface area contributed by atoms with Crippen molar-refractivity contribution in [3.05, 3.63) is 50.8 Å². The van der Waals surface area contributed by atoms with Crippen LogP contribution in [0.3, 0.4) is 0 Å². The van der Waals surface area contributed by atoms with Crippen molar-refractivity contribution < 1.29 is 4.52 Å². The van der Waals surface area contributed by atoms with Crippen LogP contribution in [0.2, 0.25) is 0 Å². The predicted octanol–water partition coefficient (Wildman–Crippen LogP) is 3.31. The Balaban J connectivity index is 1.84. The van der Waals surface area contributed by atoms with Crippen molar-refractivity contribution in [2.24, 2.45) is 5.73 Å². The van der Waals surface area contributed by atoms with Gasteiger partial charge in [0.1, 0.15) is 9.88 Å². The fourth-order valence-electron chi connectivity index (χ4n) is 1.99. The van der Waals surface area contributed by atoms with Crippen LogP contribution in [0.5, 0.6) is 0 Å². The fourth-order valence-corrected chi connectivity index (χ4v) is 3.30. The molecule has 21 heavy (non-hydrogen) atoms. The van der Waals surface area contributed by atoms with Gasteiger partial charge in [-0.1, -0.05) is 33.2 Å². The Hall–Kier alpha value is -1.57. The highest BCUT2D eigenvalue weighted by Crippen LogP contribution is 2.28. The first-order valence-corrected chi connectivity index (χ1v) is 8.00. The summed E-state index contributed by atoms with van der Waals surface area (Å²) < 4.78 is 6.39. The number of halogens is 1. The minimum atomic E-state index is 0.421. The molecule has 3 aromatic rings. The summed E-state index contributed by atoms with van der Waals surface area (Å²) in [5.74, 6) is 1.17. The van der Waals surface area contributed by atoms with Crippen molar-refractivity contribution in [1.29, 1.82) is 0 Å². The summed E-state index contributed by atoms with van der Waals surface area (Å²) in [6.45, 7) is 2.34. The Morgan fingerprint density at radius 1 is 1.33 bits per heavy atom. The molecule has 3 rings (SSSR count). The molecule has 5 nitrogen and oxygen atoms in total. The molecule has 0 aliphatic heterocycles. The van der Waals surface area contributed by atoms with Gasteiger partial charge in [0.2, 0.25) is 0 Å². The molecule has 0 amide bonds.